The highest BCUT2D eigenvalue weighted by atomic mass is 32.1. The van der Waals surface area contributed by atoms with E-state index in [0.29, 0.717) is 11.1 Å². The van der Waals surface area contributed by atoms with Crippen molar-refractivity contribution < 1.29 is 19.1 Å². The number of anilines is 1. The maximum atomic E-state index is 13.9. The van der Waals surface area contributed by atoms with Gasteiger partial charge in [-0.25, -0.2) is 9.18 Å². The number of benzene rings is 1. The van der Waals surface area contributed by atoms with Gasteiger partial charge in [-0.05, 0) is 38.0 Å². The number of halogens is 1. The molecular weight excluding hydrogens is 293 g/mol. The van der Waals surface area contributed by atoms with E-state index in [4.69, 9.17) is 0 Å². The summed E-state index contributed by atoms with van der Waals surface area (Å²) in [5, 5.41) is 11.9. The van der Waals surface area contributed by atoms with Gasteiger partial charge in [0.1, 0.15) is 10.8 Å². The first-order valence-corrected chi connectivity index (χ1v) is 7.04. The molecule has 6 heteroatoms. The van der Waals surface area contributed by atoms with Gasteiger partial charge in [-0.1, -0.05) is 12.1 Å². The van der Waals surface area contributed by atoms with Crippen LogP contribution in [-0.2, 0) is 0 Å². The average molecular weight is 307 g/mol. The summed E-state index contributed by atoms with van der Waals surface area (Å²) >= 11 is 1.17. The number of hydrogen-bond donors (Lipinski definition) is 2. The number of carboxylic acid groups (broad SMARTS) is 1. The molecule has 0 saturated heterocycles. The standard InChI is InChI=1S/C15H14FNO3S/c1-7-5-4-6-10(12(7)16)13(18)17-14-11(15(19)20)8(2)9(3)21-14/h4-6H,1-3H3,(H,17,18)(H,19,20). The zero-order chi connectivity index (χ0) is 15.7. The monoisotopic (exact) mass is 307 g/mol. The van der Waals surface area contributed by atoms with Crippen molar-refractivity contribution in [3.8, 4) is 0 Å². The summed E-state index contributed by atoms with van der Waals surface area (Å²) in [5.74, 6) is -2.37. The quantitative estimate of drug-likeness (QED) is 0.907. The molecule has 0 aliphatic carbocycles. The van der Waals surface area contributed by atoms with Crippen molar-refractivity contribution in [1.29, 1.82) is 0 Å². The molecule has 2 rings (SSSR count). The minimum absolute atomic E-state index is 0.0545. The number of hydrogen-bond acceptors (Lipinski definition) is 3. The third kappa shape index (κ3) is 2.80. The van der Waals surface area contributed by atoms with Crippen molar-refractivity contribution in [2.24, 2.45) is 0 Å². The topological polar surface area (TPSA) is 66.4 Å². The first-order valence-electron chi connectivity index (χ1n) is 6.22. The minimum atomic E-state index is -1.11. The predicted octanol–water partition coefficient (Wildman–Crippen LogP) is 3.76. The zero-order valence-electron chi connectivity index (χ0n) is 11.8. The van der Waals surface area contributed by atoms with Crippen LogP contribution in [0, 0.1) is 26.6 Å². The fourth-order valence-electron chi connectivity index (χ4n) is 1.97. The Morgan fingerprint density at radius 2 is 1.90 bits per heavy atom. The van der Waals surface area contributed by atoms with E-state index in [1.807, 2.05) is 0 Å². The van der Waals surface area contributed by atoms with E-state index in [9.17, 15) is 19.1 Å². The SMILES string of the molecule is Cc1cccc(C(=O)Nc2sc(C)c(C)c2C(=O)O)c1F. The van der Waals surface area contributed by atoms with Gasteiger partial charge in [0.05, 0.1) is 11.1 Å². The van der Waals surface area contributed by atoms with Crippen LogP contribution in [0.4, 0.5) is 9.39 Å². The fourth-order valence-corrected chi connectivity index (χ4v) is 3.01. The second-order valence-corrected chi connectivity index (χ2v) is 5.91. The number of nitrogens with one attached hydrogen (secondary N) is 1. The lowest BCUT2D eigenvalue weighted by Crippen LogP contribution is -2.15. The number of thiophene rings is 1. The summed E-state index contributed by atoms with van der Waals surface area (Å²) in [7, 11) is 0. The van der Waals surface area contributed by atoms with E-state index in [1.54, 1.807) is 32.9 Å². The summed E-state index contributed by atoms with van der Waals surface area (Å²) in [4.78, 5) is 24.2. The molecule has 1 aromatic heterocycles. The Labute approximate surface area is 125 Å². The highest BCUT2D eigenvalue weighted by Gasteiger charge is 2.22. The highest BCUT2D eigenvalue weighted by molar-refractivity contribution is 7.16. The molecule has 0 atom stereocenters. The lowest BCUT2D eigenvalue weighted by atomic mass is 10.1. The number of carbonyl (C=O) groups excluding carboxylic acids is 1. The third-order valence-corrected chi connectivity index (χ3v) is 4.39. The molecule has 0 radical (unpaired) electrons. The second-order valence-electron chi connectivity index (χ2n) is 4.68. The molecule has 0 bridgehead atoms. The van der Waals surface area contributed by atoms with Crippen molar-refractivity contribution in [2.75, 3.05) is 5.32 Å². The van der Waals surface area contributed by atoms with E-state index in [2.05, 4.69) is 5.32 Å². The van der Waals surface area contributed by atoms with Gasteiger partial charge >= 0.3 is 5.97 Å². The molecule has 0 saturated carbocycles. The first kappa shape index (κ1) is 15.2. The van der Waals surface area contributed by atoms with Gasteiger partial charge < -0.3 is 10.4 Å². The Balaban J connectivity index is 2.39. The van der Waals surface area contributed by atoms with Crippen LogP contribution in [0.1, 0.15) is 36.7 Å². The van der Waals surface area contributed by atoms with Gasteiger partial charge in [0.25, 0.3) is 5.91 Å². The molecule has 110 valence electrons. The van der Waals surface area contributed by atoms with Crippen molar-refractivity contribution in [3.05, 3.63) is 51.1 Å². The van der Waals surface area contributed by atoms with Crippen LogP contribution in [0.2, 0.25) is 0 Å². The number of aryl methyl sites for hydroxylation is 2. The van der Waals surface area contributed by atoms with Gasteiger partial charge in [-0.2, -0.15) is 0 Å². The number of carboxylic acids is 1. The van der Waals surface area contributed by atoms with Gasteiger partial charge in [-0.3, -0.25) is 4.79 Å². The van der Waals surface area contributed by atoms with Gasteiger partial charge in [0.2, 0.25) is 0 Å². The van der Waals surface area contributed by atoms with Crippen molar-refractivity contribution >= 4 is 28.2 Å². The van der Waals surface area contributed by atoms with Crippen molar-refractivity contribution in [3.63, 3.8) is 0 Å². The fraction of sp³-hybridized carbons (Fsp3) is 0.200. The van der Waals surface area contributed by atoms with E-state index in [0.717, 1.165) is 4.88 Å². The van der Waals surface area contributed by atoms with Gasteiger partial charge in [0, 0.05) is 4.88 Å². The molecule has 1 amide bonds. The number of rotatable bonds is 3. The molecule has 1 aromatic carbocycles. The third-order valence-electron chi connectivity index (χ3n) is 3.26. The van der Waals surface area contributed by atoms with E-state index >= 15 is 0 Å². The maximum absolute atomic E-state index is 13.9. The van der Waals surface area contributed by atoms with Crippen LogP contribution in [0.15, 0.2) is 18.2 Å². The molecule has 0 spiro atoms. The van der Waals surface area contributed by atoms with E-state index in [-0.39, 0.29) is 16.1 Å². The summed E-state index contributed by atoms with van der Waals surface area (Å²) in [6.07, 6.45) is 0. The molecule has 1 heterocycles. The van der Waals surface area contributed by atoms with Crippen LogP contribution >= 0.6 is 11.3 Å². The normalized spacial score (nSPS) is 10.5. The number of aromatic carboxylic acids is 1. The Hall–Kier alpha value is -2.21. The Kier molecular flexibility index (Phi) is 4.09. The van der Waals surface area contributed by atoms with Gasteiger partial charge in [0.15, 0.2) is 0 Å². The number of amides is 1. The maximum Gasteiger partial charge on any atom is 0.338 e. The summed E-state index contributed by atoms with van der Waals surface area (Å²) < 4.78 is 13.9. The Morgan fingerprint density at radius 3 is 2.52 bits per heavy atom. The molecule has 0 unspecified atom stereocenters. The average Bonchev–Trinajstić information content (AvgIpc) is 2.67. The van der Waals surface area contributed by atoms with Crippen LogP contribution in [0.5, 0.6) is 0 Å². The van der Waals surface area contributed by atoms with Crippen LogP contribution in [-0.4, -0.2) is 17.0 Å². The molecule has 4 nitrogen and oxygen atoms in total. The first-order chi connectivity index (χ1) is 9.82. The molecule has 0 fully saturated rings. The molecule has 0 aliphatic rings. The van der Waals surface area contributed by atoms with Gasteiger partial charge in [-0.15, -0.1) is 11.3 Å². The Bertz CT molecular complexity index is 737. The van der Waals surface area contributed by atoms with Crippen LogP contribution < -0.4 is 5.32 Å². The Morgan fingerprint density at radius 1 is 1.24 bits per heavy atom. The highest BCUT2D eigenvalue weighted by Crippen LogP contribution is 2.32. The van der Waals surface area contributed by atoms with Crippen LogP contribution in [0.3, 0.4) is 0 Å². The van der Waals surface area contributed by atoms with Crippen molar-refractivity contribution in [1.82, 2.24) is 0 Å². The summed E-state index contributed by atoms with van der Waals surface area (Å²) in [6, 6.07) is 4.51. The molecular formula is C15H14FNO3S. The molecule has 21 heavy (non-hydrogen) atoms. The van der Waals surface area contributed by atoms with Crippen LogP contribution in [0.25, 0.3) is 0 Å². The lowest BCUT2D eigenvalue weighted by Gasteiger charge is -2.07. The smallest absolute Gasteiger partial charge is 0.338 e. The summed E-state index contributed by atoms with van der Waals surface area (Å²) in [5.41, 5.74) is 0.918. The summed E-state index contributed by atoms with van der Waals surface area (Å²) in [6.45, 7) is 5.02. The molecule has 0 aliphatic heterocycles. The second kappa shape index (κ2) is 5.65. The van der Waals surface area contributed by atoms with E-state index in [1.165, 1.54) is 17.4 Å². The molecule has 2 aromatic rings. The zero-order valence-corrected chi connectivity index (χ0v) is 12.6. The van der Waals surface area contributed by atoms with E-state index < -0.39 is 17.7 Å². The lowest BCUT2D eigenvalue weighted by molar-refractivity contribution is 0.0697. The predicted molar refractivity (Wildman–Crippen MR) is 79.8 cm³/mol. The minimum Gasteiger partial charge on any atom is -0.478 e. The van der Waals surface area contributed by atoms with Crippen molar-refractivity contribution in [2.45, 2.75) is 20.8 Å². The molecule has 2 N–H and O–H groups in total. The largest absolute Gasteiger partial charge is 0.478 e. The number of carbonyl (C=O) groups is 2.